The van der Waals surface area contributed by atoms with Crippen LogP contribution in [0, 0.1) is 0 Å². The van der Waals surface area contributed by atoms with Crippen LogP contribution in [0.25, 0.3) is 11.0 Å². The first-order valence-corrected chi connectivity index (χ1v) is 9.21. The van der Waals surface area contributed by atoms with Crippen LogP contribution in [0.15, 0.2) is 29.7 Å². The summed E-state index contributed by atoms with van der Waals surface area (Å²) in [5.74, 6) is 1.71. The van der Waals surface area contributed by atoms with E-state index in [-0.39, 0.29) is 24.4 Å². The molecule has 7 nitrogen and oxygen atoms in total. The third kappa shape index (κ3) is 3.91. The third-order valence-electron chi connectivity index (χ3n) is 4.32. The second-order valence-electron chi connectivity index (χ2n) is 5.99. The van der Waals surface area contributed by atoms with E-state index in [1.54, 1.807) is 18.1 Å². The fourth-order valence-electron chi connectivity index (χ4n) is 3.11. The number of piperidine rings is 1. The van der Waals surface area contributed by atoms with E-state index in [9.17, 15) is 4.79 Å². The molecular formula is C16H21ClN6OS. The van der Waals surface area contributed by atoms with Gasteiger partial charge in [-0.2, -0.15) is 0 Å². The molecule has 134 valence electrons. The van der Waals surface area contributed by atoms with Crippen molar-refractivity contribution in [1.29, 1.82) is 0 Å². The van der Waals surface area contributed by atoms with Crippen LogP contribution in [0.4, 0.5) is 5.82 Å². The van der Waals surface area contributed by atoms with Gasteiger partial charge in [0.25, 0.3) is 5.91 Å². The van der Waals surface area contributed by atoms with E-state index in [0.29, 0.717) is 0 Å². The number of carbonyl (C=O) groups is 1. The molecular weight excluding hydrogens is 360 g/mol. The van der Waals surface area contributed by atoms with E-state index in [2.05, 4.69) is 25.6 Å². The van der Waals surface area contributed by atoms with E-state index >= 15 is 0 Å². The molecule has 1 atom stereocenters. The number of hydrogen-bond acceptors (Lipinski definition) is 6. The van der Waals surface area contributed by atoms with Gasteiger partial charge in [0.1, 0.15) is 17.8 Å². The lowest BCUT2D eigenvalue weighted by Gasteiger charge is -2.28. The Hall–Kier alpha value is -1.77. The van der Waals surface area contributed by atoms with E-state index in [1.165, 1.54) is 0 Å². The van der Waals surface area contributed by atoms with Crippen LogP contribution in [0.2, 0.25) is 0 Å². The van der Waals surface area contributed by atoms with Crippen LogP contribution in [-0.4, -0.2) is 52.3 Å². The van der Waals surface area contributed by atoms with Gasteiger partial charge in [-0.05, 0) is 25.5 Å². The van der Waals surface area contributed by atoms with Gasteiger partial charge >= 0.3 is 0 Å². The van der Waals surface area contributed by atoms with Gasteiger partial charge in [-0.3, -0.25) is 4.79 Å². The first-order valence-electron chi connectivity index (χ1n) is 8.22. The van der Waals surface area contributed by atoms with Gasteiger partial charge in [0.15, 0.2) is 0 Å². The fraction of sp³-hybridized carbons (Fsp3) is 0.438. The van der Waals surface area contributed by atoms with E-state index in [1.807, 2.05) is 23.4 Å². The van der Waals surface area contributed by atoms with Crippen molar-refractivity contribution in [2.75, 3.05) is 30.3 Å². The van der Waals surface area contributed by atoms with Crippen molar-refractivity contribution in [3.63, 3.8) is 0 Å². The van der Waals surface area contributed by atoms with E-state index in [0.717, 1.165) is 60.0 Å². The second kappa shape index (κ2) is 8.07. The van der Waals surface area contributed by atoms with Gasteiger partial charge in [-0.15, -0.1) is 24.2 Å². The Morgan fingerprint density at radius 1 is 1.40 bits per heavy atom. The number of H-pyrrole nitrogens is 1. The maximum absolute atomic E-state index is 12.6. The molecule has 9 heteroatoms. The molecule has 3 N–H and O–H groups in total. The van der Waals surface area contributed by atoms with Crippen molar-refractivity contribution in [2.24, 2.45) is 0 Å². The lowest BCUT2D eigenvalue weighted by molar-refractivity contribution is -0.117. The van der Waals surface area contributed by atoms with Crippen LogP contribution in [-0.2, 0) is 4.79 Å². The summed E-state index contributed by atoms with van der Waals surface area (Å²) in [6.07, 6.45) is 7.46. The Morgan fingerprint density at radius 3 is 3.16 bits per heavy atom. The summed E-state index contributed by atoms with van der Waals surface area (Å²) in [5.41, 5.74) is 0.811. The van der Waals surface area contributed by atoms with Gasteiger partial charge in [-0.1, -0.05) is 0 Å². The number of anilines is 1. The minimum absolute atomic E-state index is 0. The molecule has 0 saturated carbocycles. The summed E-state index contributed by atoms with van der Waals surface area (Å²) in [6, 6.07) is 2.19. The van der Waals surface area contributed by atoms with Gasteiger partial charge in [0.2, 0.25) is 0 Å². The van der Waals surface area contributed by atoms with E-state index in [4.69, 9.17) is 0 Å². The molecule has 2 aromatic heterocycles. The number of amides is 1. The zero-order valence-electron chi connectivity index (χ0n) is 13.7. The van der Waals surface area contributed by atoms with Gasteiger partial charge in [-0.25, -0.2) is 9.97 Å². The molecule has 4 rings (SSSR count). The second-order valence-corrected chi connectivity index (χ2v) is 7.13. The van der Waals surface area contributed by atoms with Gasteiger partial charge in [0, 0.05) is 37.3 Å². The Bertz CT molecular complexity index is 773. The highest BCUT2D eigenvalue weighted by atomic mass is 35.5. The normalized spacial score (nSPS) is 20.7. The molecule has 0 aromatic carbocycles. The number of nitrogens with one attached hydrogen (secondary N) is 3. The predicted octanol–water partition coefficient (Wildman–Crippen LogP) is 1.64. The first kappa shape index (κ1) is 18.0. The van der Waals surface area contributed by atoms with Gasteiger partial charge in [0.05, 0.1) is 10.3 Å². The molecule has 4 heterocycles. The number of hydrogen-bond donors (Lipinski definition) is 3. The monoisotopic (exact) mass is 380 g/mol. The summed E-state index contributed by atoms with van der Waals surface area (Å²) in [7, 11) is 0. The van der Waals surface area contributed by atoms with Crippen molar-refractivity contribution >= 4 is 46.9 Å². The predicted molar refractivity (Wildman–Crippen MR) is 103 cm³/mol. The van der Waals surface area contributed by atoms with Gasteiger partial charge < -0.3 is 20.5 Å². The molecule has 0 aliphatic carbocycles. The fourth-order valence-corrected chi connectivity index (χ4v) is 4.01. The molecule has 1 saturated heterocycles. The van der Waals surface area contributed by atoms with Crippen molar-refractivity contribution in [2.45, 2.75) is 18.9 Å². The minimum Gasteiger partial charge on any atom is -0.348 e. The molecule has 1 amide bonds. The highest BCUT2D eigenvalue weighted by Crippen LogP contribution is 2.29. The number of aromatic nitrogens is 3. The number of aromatic amines is 1. The maximum atomic E-state index is 12.6. The largest absolute Gasteiger partial charge is 0.348 e. The van der Waals surface area contributed by atoms with Crippen LogP contribution >= 0.6 is 24.2 Å². The first-order chi connectivity index (χ1) is 11.8. The highest BCUT2D eigenvalue weighted by molar-refractivity contribution is 8.04. The van der Waals surface area contributed by atoms with Crippen molar-refractivity contribution in [3.8, 4) is 0 Å². The lowest BCUT2D eigenvalue weighted by atomic mass is 10.1. The molecule has 0 unspecified atom stereocenters. The summed E-state index contributed by atoms with van der Waals surface area (Å²) in [6.45, 7) is 2.71. The average Bonchev–Trinajstić information content (AvgIpc) is 3.11. The standard InChI is InChI=1S/C16H20N6OS.ClH/c23-16(21-11-2-1-4-17-8-11)13-9-22(6-7-24-13)15-12-3-5-18-14(12)19-10-20-15;/h3,5,9-11,17H,1-2,4,6-8H2,(H,21,23)(H,18,19,20);1H/t11-;/m0./s1. The van der Waals surface area contributed by atoms with Crippen LogP contribution in [0.3, 0.4) is 0 Å². The number of rotatable bonds is 3. The smallest absolute Gasteiger partial charge is 0.259 e. The third-order valence-corrected chi connectivity index (χ3v) is 5.31. The zero-order chi connectivity index (χ0) is 16.4. The van der Waals surface area contributed by atoms with Crippen LogP contribution in [0.1, 0.15) is 12.8 Å². The summed E-state index contributed by atoms with van der Waals surface area (Å²) in [4.78, 5) is 27.1. The summed E-state index contributed by atoms with van der Waals surface area (Å²) < 4.78 is 0. The van der Waals surface area contributed by atoms with Crippen molar-refractivity contribution in [3.05, 3.63) is 29.7 Å². The molecule has 2 aliphatic heterocycles. The molecule has 0 radical (unpaired) electrons. The van der Waals surface area contributed by atoms with Crippen molar-refractivity contribution in [1.82, 2.24) is 25.6 Å². The highest BCUT2D eigenvalue weighted by Gasteiger charge is 2.23. The summed E-state index contributed by atoms with van der Waals surface area (Å²) >= 11 is 1.60. The molecule has 2 aromatic rings. The molecule has 2 aliphatic rings. The number of fused-ring (bicyclic) bond motifs is 1. The molecule has 0 bridgehead atoms. The Balaban J connectivity index is 0.00000182. The number of nitrogens with zero attached hydrogens (tertiary/aromatic N) is 3. The van der Waals surface area contributed by atoms with Crippen molar-refractivity contribution < 1.29 is 4.79 Å². The van der Waals surface area contributed by atoms with Crippen LogP contribution in [0.5, 0.6) is 0 Å². The molecule has 25 heavy (non-hydrogen) atoms. The zero-order valence-corrected chi connectivity index (χ0v) is 15.3. The average molecular weight is 381 g/mol. The number of thioether (sulfide) groups is 1. The number of carbonyl (C=O) groups excluding carboxylic acids is 1. The minimum atomic E-state index is 0. The Kier molecular flexibility index (Phi) is 5.82. The summed E-state index contributed by atoms with van der Waals surface area (Å²) in [5, 5.41) is 7.43. The van der Waals surface area contributed by atoms with Crippen LogP contribution < -0.4 is 15.5 Å². The number of halogens is 1. The molecule has 0 spiro atoms. The maximum Gasteiger partial charge on any atom is 0.259 e. The Morgan fingerprint density at radius 2 is 2.32 bits per heavy atom. The van der Waals surface area contributed by atoms with E-state index < -0.39 is 0 Å². The lowest BCUT2D eigenvalue weighted by Crippen LogP contribution is -2.46. The quantitative estimate of drug-likeness (QED) is 0.750. The topological polar surface area (TPSA) is 85.9 Å². The SMILES string of the molecule is Cl.O=C(N[C@H]1CCCNC1)C1=CN(c2ncnc3[nH]ccc23)CCS1. The molecule has 1 fully saturated rings. The Labute approximate surface area is 156 Å².